The van der Waals surface area contributed by atoms with Gasteiger partial charge in [-0.15, -0.1) is 0 Å². The van der Waals surface area contributed by atoms with Crippen LogP contribution in [0.15, 0.2) is 24.3 Å². The second kappa shape index (κ2) is 6.29. The molecule has 0 saturated carbocycles. The van der Waals surface area contributed by atoms with Gasteiger partial charge in [-0.2, -0.15) is 4.37 Å². The van der Waals surface area contributed by atoms with Crippen molar-refractivity contribution in [1.29, 1.82) is 0 Å². The van der Waals surface area contributed by atoms with Gasteiger partial charge in [0, 0.05) is 39.5 Å². The summed E-state index contributed by atoms with van der Waals surface area (Å²) in [5, 5.41) is 4.56. The van der Waals surface area contributed by atoms with Crippen molar-refractivity contribution in [3.8, 4) is 0 Å². The summed E-state index contributed by atoms with van der Waals surface area (Å²) in [6, 6.07) is 8.66. The molecule has 0 bridgehead atoms. The van der Waals surface area contributed by atoms with Crippen LogP contribution in [0.3, 0.4) is 0 Å². The lowest BCUT2D eigenvalue weighted by atomic mass is 9.73. The number of nitrogens with one attached hydrogen (secondary N) is 1. The Hall–Kier alpha value is -0.730. The number of piperidine rings is 1. The summed E-state index contributed by atoms with van der Waals surface area (Å²) in [5.74, 6) is 1.21. The molecular weight excluding hydrogens is 419 g/mol. The van der Waals surface area contributed by atoms with Gasteiger partial charge < -0.3 is 10.2 Å². The highest BCUT2D eigenvalue weighted by Crippen LogP contribution is 2.42. The van der Waals surface area contributed by atoms with Crippen molar-refractivity contribution in [2.45, 2.75) is 25.7 Å². The van der Waals surface area contributed by atoms with Crippen LogP contribution in [0.5, 0.6) is 0 Å². The monoisotopic (exact) mass is 440 g/mol. The van der Waals surface area contributed by atoms with E-state index in [2.05, 4.69) is 68.4 Å². The van der Waals surface area contributed by atoms with E-state index in [4.69, 9.17) is 4.98 Å². The summed E-state index contributed by atoms with van der Waals surface area (Å²) >= 11 is 3.89. The Morgan fingerprint density at radius 1 is 1.22 bits per heavy atom. The first-order chi connectivity index (χ1) is 11.2. The molecule has 0 aliphatic carbocycles. The molecule has 1 aromatic carbocycles. The lowest BCUT2D eigenvalue weighted by Gasteiger charge is -2.52. The topological polar surface area (TPSA) is 41.1 Å². The van der Waals surface area contributed by atoms with Crippen molar-refractivity contribution >= 4 is 39.3 Å². The summed E-state index contributed by atoms with van der Waals surface area (Å²) in [6.45, 7) is 6.83. The second-order valence-corrected chi connectivity index (χ2v) is 8.79. The highest BCUT2D eigenvalue weighted by Gasteiger charge is 2.44. The predicted molar refractivity (Wildman–Crippen MR) is 103 cm³/mol. The van der Waals surface area contributed by atoms with E-state index in [1.54, 1.807) is 11.5 Å². The molecule has 4 rings (SSSR count). The average Bonchev–Trinajstić information content (AvgIpc) is 3.03. The van der Waals surface area contributed by atoms with E-state index in [1.165, 1.54) is 35.1 Å². The zero-order valence-corrected chi connectivity index (χ0v) is 16.2. The van der Waals surface area contributed by atoms with E-state index in [9.17, 15) is 0 Å². The standard InChI is InChI=1S/C17H21IN4S/c1-12(13-2-4-14(18)5-3-13)15-20-16(23-21-15)22-10-17(11-22)6-8-19-9-7-17/h2-5,12,19H,6-11H2,1H3. The molecule has 2 aliphatic heterocycles. The van der Waals surface area contributed by atoms with E-state index in [0.29, 0.717) is 5.41 Å². The van der Waals surface area contributed by atoms with E-state index in [-0.39, 0.29) is 5.92 Å². The van der Waals surface area contributed by atoms with Gasteiger partial charge in [-0.1, -0.05) is 19.1 Å². The van der Waals surface area contributed by atoms with Crippen LogP contribution < -0.4 is 10.2 Å². The summed E-state index contributed by atoms with van der Waals surface area (Å²) in [7, 11) is 0. The van der Waals surface area contributed by atoms with Gasteiger partial charge in [0.25, 0.3) is 0 Å². The fourth-order valence-corrected chi connectivity index (χ4v) is 4.72. The maximum absolute atomic E-state index is 4.82. The minimum atomic E-state index is 0.256. The van der Waals surface area contributed by atoms with Crippen LogP contribution >= 0.6 is 34.1 Å². The SMILES string of the molecule is CC(c1ccc(I)cc1)c1nsc(N2CC3(CCNCC3)C2)n1. The van der Waals surface area contributed by atoms with Crippen LogP contribution in [-0.2, 0) is 0 Å². The Morgan fingerprint density at radius 2 is 1.91 bits per heavy atom. The zero-order chi connectivity index (χ0) is 15.9. The van der Waals surface area contributed by atoms with Gasteiger partial charge in [0.15, 0.2) is 5.82 Å². The molecule has 2 aliphatic rings. The number of rotatable bonds is 3. The van der Waals surface area contributed by atoms with Crippen LogP contribution in [0.25, 0.3) is 0 Å². The van der Waals surface area contributed by atoms with Gasteiger partial charge in [-0.25, -0.2) is 4.98 Å². The van der Waals surface area contributed by atoms with Gasteiger partial charge in [0.1, 0.15) is 0 Å². The minimum Gasteiger partial charge on any atom is -0.346 e. The van der Waals surface area contributed by atoms with Gasteiger partial charge >= 0.3 is 0 Å². The Kier molecular flexibility index (Phi) is 4.32. The molecule has 0 amide bonds. The Bertz CT molecular complexity index is 670. The quantitative estimate of drug-likeness (QED) is 0.743. The van der Waals surface area contributed by atoms with E-state index >= 15 is 0 Å². The second-order valence-electron chi connectivity index (χ2n) is 6.81. The number of hydrogen-bond donors (Lipinski definition) is 1. The lowest BCUT2D eigenvalue weighted by molar-refractivity contribution is 0.150. The van der Waals surface area contributed by atoms with E-state index in [1.807, 2.05) is 0 Å². The number of halogens is 1. The smallest absolute Gasteiger partial charge is 0.205 e. The molecule has 2 aromatic rings. The van der Waals surface area contributed by atoms with Crippen molar-refractivity contribution in [2.24, 2.45) is 5.41 Å². The van der Waals surface area contributed by atoms with Crippen molar-refractivity contribution in [1.82, 2.24) is 14.7 Å². The number of aromatic nitrogens is 2. The summed E-state index contributed by atoms with van der Waals surface area (Å²) < 4.78 is 5.89. The highest BCUT2D eigenvalue weighted by atomic mass is 127. The molecule has 1 N–H and O–H groups in total. The van der Waals surface area contributed by atoms with E-state index < -0.39 is 0 Å². The van der Waals surface area contributed by atoms with Crippen molar-refractivity contribution in [3.05, 3.63) is 39.2 Å². The molecule has 0 radical (unpaired) electrons. The zero-order valence-electron chi connectivity index (χ0n) is 13.3. The molecule has 2 fully saturated rings. The van der Waals surface area contributed by atoms with Crippen LogP contribution in [-0.4, -0.2) is 35.5 Å². The molecule has 6 heteroatoms. The van der Waals surface area contributed by atoms with Gasteiger partial charge in [-0.05, 0) is 66.2 Å². The molecule has 3 heterocycles. The number of anilines is 1. The van der Waals surface area contributed by atoms with E-state index in [0.717, 1.165) is 24.0 Å². The maximum atomic E-state index is 4.82. The molecule has 2 saturated heterocycles. The molecule has 1 atom stereocenters. The largest absolute Gasteiger partial charge is 0.346 e. The first-order valence-electron chi connectivity index (χ1n) is 8.20. The first kappa shape index (κ1) is 15.8. The highest BCUT2D eigenvalue weighted by molar-refractivity contribution is 14.1. The molecule has 4 nitrogen and oxygen atoms in total. The maximum Gasteiger partial charge on any atom is 0.205 e. The Morgan fingerprint density at radius 3 is 2.61 bits per heavy atom. The van der Waals surface area contributed by atoms with Crippen LogP contribution in [0, 0.1) is 8.99 Å². The average molecular weight is 440 g/mol. The number of benzene rings is 1. The molecule has 23 heavy (non-hydrogen) atoms. The lowest BCUT2D eigenvalue weighted by Crippen LogP contribution is -2.60. The van der Waals surface area contributed by atoms with Crippen LogP contribution in [0.4, 0.5) is 5.13 Å². The van der Waals surface area contributed by atoms with Crippen LogP contribution in [0.1, 0.15) is 37.1 Å². The third kappa shape index (κ3) is 3.13. The number of nitrogens with zero attached hydrogens (tertiary/aromatic N) is 3. The van der Waals surface area contributed by atoms with Crippen molar-refractivity contribution < 1.29 is 0 Å². The third-order valence-corrected chi connectivity index (χ3v) is 6.69. The minimum absolute atomic E-state index is 0.256. The Balaban J connectivity index is 1.44. The molecule has 1 spiro atoms. The third-order valence-electron chi connectivity index (χ3n) is 5.18. The molecule has 1 unspecified atom stereocenters. The number of hydrogen-bond acceptors (Lipinski definition) is 5. The normalized spacial score (nSPS) is 21.2. The predicted octanol–water partition coefficient (Wildman–Crippen LogP) is 3.48. The molecule has 1 aromatic heterocycles. The van der Waals surface area contributed by atoms with Crippen molar-refractivity contribution in [2.75, 3.05) is 31.1 Å². The fraction of sp³-hybridized carbons (Fsp3) is 0.529. The van der Waals surface area contributed by atoms with Gasteiger partial charge in [0.2, 0.25) is 5.13 Å². The summed E-state index contributed by atoms with van der Waals surface area (Å²) in [4.78, 5) is 7.23. The van der Waals surface area contributed by atoms with Gasteiger partial charge in [0.05, 0.1) is 0 Å². The molecular formula is C17H21IN4S. The van der Waals surface area contributed by atoms with Crippen molar-refractivity contribution in [3.63, 3.8) is 0 Å². The molecule has 122 valence electrons. The Labute approximate surface area is 155 Å². The summed E-state index contributed by atoms with van der Waals surface area (Å²) in [5.41, 5.74) is 1.83. The fourth-order valence-electron chi connectivity index (χ4n) is 3.60. The van der Waals surface area contributed by atoms with Gasteiger partial charge in [-0.3, -0.25) is 0 Å². The van der Waals surface area contributed by atoms with Crippen LogP contribution in [0.2, 0.25) is 0 Å². The first-order valence-corrected chi connectivity index (χ1v) is 10.1. The summed E-state index contributed by atoms with van der Waals surface area (Å²) in [6.07, 6.45) is 2.60.